The maximum absolute atomic E-state index is 18.6. The Morgan fingerprint density at radius 1 is 0.922 bits per heavy atom. The molecule has 4 atom stereocenters. The molecule has 5 aromatic rings. The Balaban J connectivity index is 1.27. The number of hydrogen-bond donors (Lipinski definition) is 0. The lowest BCUT2D eigenvalue weighted by molar-refractivity contribution is 0.0427. The second-order valence-electron chi connectivity index (χ2n) is 23.9. The lowest BCUT2D eigenvalue weighted by atomic mass is 9.87. The van der Waals surface area contributed by atoms with E-state index in [-0.39, 0.29) is 101 Å². The summed E-state index contributed by atoms with van der Waals surface area (Å²) in [7, 11) is -0.934. The van der Waals surface area contributed by atoms with Gasteiger partial charge in [0, 0.05) is 49.3 Å². The van der Waals surface area contributed by atoms with Crippen LogP contribution >= 0.6 is 0 Å². The van der Waals surface area contributed by atoms with E-state index in [0.29, 0.717) is 41.3 Å². The monoisotopic (exact) mass is 1080 g/mol. The Kier molecular flexibility index (Phi) is 15.3. The number of nitrogens with zero attached hydrogens (tertiary/aromatic N) is 7. The minimum Gasteiger partial charge on any atom is -0.472 e. The number of amides is 2. The summed E-state index contributed by atoms with van der Waals surface area (Å²) in [5.74, 6) is 2.37. The van der Waals surface area contributed by atoms with Crippen LogP contribution in [-0.4, -0.2) is 114 Å². The first-order valence-corrected chi connectivity index (χ1v) is 29.1. The van der Waals surface area contributed by atoms with Gasteiger partial charge < -0.3 is 33.3 Å². The molecule has 412 valence electrons. The summed E-state index contributed by atoms with van der Waals surface area (Å²) in [5.41, 5.74) is 2.10. The highest BCUT2D eigenvalue weighted by molar-refractivity contribution is 6.90. The Labute approximate surface area is 450 Å². The van der Waals surface area contributed by atoms with Crippen molar-refractivity contribution in [2.45, 2.75) is 173 Å². The van der Waals surface area contributed by atoms with Crippen LogP contribution in [0.5, 0.6) is 17.6 Å². The van der Waals surface area contributed by atoms with Crippen LogP contribution in [0.2, 0.25) is 16.6 Å². The number of methoxy groups -OCH3 is 1. The molecule has 0 N–H and O–H groups in total. The van der Waals surface area contributed by atoms with E-state index in [0.717, 1.165) is 17.9 Å². The van der Waals surface area contributed by atoms with Crippen LogP contribution < -0.4 is 24.0 Å². The van der Waals surface area contributed by atoms with E-state index >= 15 is 13.2 Å². The zero-order valence-electron chi connectivity index (χ0n) is 46.6. The summed E-state index contributed by atoms with van der Waals surface area (Å²) < 4.78 is 86.7. The van der Waals surface area contributed by atoms with Gasteiger partial charge in [0.2, 0.25) is 5.88 Å². The SMILES string of the molecule is COCOc1cc(-c2nc3c4c(nc(OC[C@@]56CCCN5C[C@H](F)C6)nc4c2F)N(Cc2cccnc2N(C(=O)OC(C)(C)C)C(=O)OC(C)(C)C)[C@H]2CC[C@H]2O3)c2c(C#C[Si](C(C)C)(C(C)C)C(C)C)c(F)ccc2c1. The molecule has 15 nitrogen and oxygen atoms in total. The van der Waals surface area contributed by atoms with Crippen LogP contribution in [-0.2, 0) is 20.8 Å². The van der Waals surface area contributed by atoms with Crippen molar-refractivity contribution in [3.63, 3.8) is 0 Å². The van der Waals surface area contributed by atoms with Gasteiger partial charge in [-0.2, -0.15) is 14.9 Å². The summed E-state index contributed by atoms with van der Waals surface area (Å²) in [6.07, 6.45) is 0.907. The van der Waals surface area contributed by atoms with Crippen molar-refractivity contribution < 1.29 is 51.2 Å². The third kappa shape index (κ3) is 10.7. The van der Waals surface area contributed by atoms with Crippen LogP contribution in [0.25, 0.3) is 32.9 Å². The van der Waals surface area contributed by atoms with Gasteiger partial charge >= 0.3 is 18.2 Å². The van der Waals surface area contributed by atoms with Crippen LogP contribution in [0, 0.1) is 23.1 Å². The molecule has 9 rings (SSSR count). The van der Waals surface area contributed by atoms with Crippen molar-refractivity contribution in [2.24, 2.45) is 0 Å². The average molecular weight is 1080 g/mol. The van der Waals surface area contributed by atoms with Crippen LogP contribution in [0.15, 0.2) is 42.6 Å². The van der Waals surface area contributed by atoms with E-state index in [1.807, 2.05) is 4.90 Å². The number of pyridine rings is 2. The number of fused-ring (bicyclic) bond motifs is 3. The number of anilines is 2. The molecule has 4 aliphatic rings. The number of hydrogen-bond acceptors (Lipinski definition) is 14. The van der Waals surface area contributed by atoms with Gasteiger partial charge in [0.05, 0.1) is 17.1 Å². The van der Waals surface area contributed by atoms with Crippen LogP contribution in [0.4, 0.5) is 34.4 Å². The van der Waals surface area contributed by atoms with E-state index < -0.39 is 67.0 Å². The van der Waals surface area contributed by atoms with Gasteiger partial charge in [0.1, 0.15) is 72.1 Å². The summed E-state index contributed by atoms with van der Waals surface area (Å²) >= 11 is 0. The predicted molar refractivity (Wildman–Crippen MR) is 292 cm³/mol. The Hall–Kier alpha value is -6.23. The fraction of sp³-hybridized carbons (Fsp3) is 0.552. The number of benzene rings is 2. The normalized spacial score (nSPS) is 20.4. The van der Waals surface area contributed by atoms with E-state index in [1.165, 1.54) is 19.4 Å². The highest BCUT2D eigenvalue weighted by Crippen LogP contribution is 2.49. The van der Waals surface area contributed by atoms with Crippen molar-refractivity contribution in [1.29, 1.82) is 0 Å². The molecule has 3 aromatic heterocycles. The molecule has 0 radical (unpaired) electrons. The molecular formula is C58H72F3N7O8Si. The molecule has 6 heterocycles. The Morgan fingerprint density at radius 3 is 2.26 bits per heavy atom. The van der Waals surface area contributed by atoms with Gasteiger partial charge in [-0.15, -0.1) is 5.54 Å². The Morgan fingerprint density at radius 2 is 1.62 bits per heavy atom. The van der Waals surface area contributed by atoms with Crippen molar-refractivity contribution in [2.75, 3.05) is 43.4 Å². The lowest BCUT2D eigenvalue weighted by Crippen LogP contribution is -2.52. The zero-order valence-corrected chi connectivity index (χ0v) is 47.6. The molecular weight excluding hydrogens is 1010 g/mol. The molecule has 3 fully saturated rings. The van der Waals surface area contributed by atoms with Gasteiger partial charge in [0.15, 0.2) is 18.4 Å². The number of carbonyl (C=O) groups is 2. The molecule has 1 aliphatic carbocycles. The van der Waals surface area contributed by atoms with Crippen LogP contribution in [0.1, 0.15) is 126 Å². The second kappa shape index (κ2) is 21.2. The predicted octanol–water partition coefficient (Wildman–Crippen LogP) is 12.6. The molecule has 0 bridgehead atoms. The molecule has 1 saturated carbocycles. The summed E-state index contributed by atoms with van der Waals surface area (Å²) in [6, 6.07) is 9.14. The van der Waals surface area contributed by atoms with Gasteiger partial charge in [-0.25, -0.2) is 32.7 Å². The number of rotatable bonds is 13. The number of carbonyl (C=O) groups excluding carboxylic acids is 2. The number of ether oxygens (including phenoxy) is 6. The molecule has 2 saturated heterocycles. The van der Waals surface area contributed by atoms with Gasteiger partial charge in [0.25, 0.3) is 0 Å². The zero-order chi connectivity index (χ0) is 55.5. The van der Waals surface area contributed by atoms with E-state index in [4.69, 9.17) is 43.4 Å². The third-order valence-corrected chi connectivity index (χ3v) is 21.8. The minimum absolute atomic E-state index is 0.0218. The summed E-state index contributed by atoms with van der Waals surface area (Å²) in [5, 5.41) is 0.981. The molecule has 77 heavy (non-hydrogen) atoms. The standard InChI is InChI=1S/C58H72F3N7O8Si/c1-33(2)77(34(3)4,35(5)6)25-21-40-42(60)18-17-36-26-39(73-32-71-13)27-41(45(36)40)48-47(61)49-46-51(65-53(64-49)72-31-58-22-15-24-66(58)30-38(59)28-58)67(43-19-20-44(43)74-52(46)63-48)29-37-16-14-23-62-50(37)68(54(69)75-56(7,8)9)55(70)76-57(10,11)12/h14,16-18,23,26-27,33-35,38,43-44H,15,19-20,22,24,28-32H2,1-13H3/t38-,43+,44-,58+/m1/s1. The highest BCUT2D eigenvalue weighted by Gasteiger charge is 2.50. The summed E-state index contributed by atoms with van der Waals surface area (Å²) in [4.78, 5) is 52.4. The molecule has 2 aromatic carbocycles. The van der Waals surface area contributed by atoms with Crippen molar-refractivity contribution >= 4 is 53.6 Å². The highest BCUT2D eigenvalue weighted by atomic mass is 28.3. The smallest absolute Gasteiger partial charge is 0.425 e. The molecule has 2 amide bonds. The number of halogens is 3. The number of imide groups is 1. The van der Waals surface area contributed by atoms with Crippen LogP contribution in [0.3, 0.4) is 0 Å². The molecule has 3 aliphatic heterocycles. The number of alkyl halides is 1. The van der Waals surface area contributed by atoms with Gasteiger partial charge in [-0.3, -0.25) is 4.90 Å². The Bertz CT molecular complexity index is 3100. The second-order valence-corrected chi connectivity index (χ2v) is 29.5. The third-order valence-electron chi connectivity index (χ3n) is 15.5. The first-order chi connectivity index (χ1) is 36.3. The van der Waals surface area contributed by atoms with E-state index in [2.05, 4.69) is 62.9 Å². The van der Waals surface area contributed by atoms with E-state index in [9.17, 15) is 9.59 Å². The average Bonchev–Trinajstić information content (AvgIpc) is 3.92. The molecule has 0 spiro atoms. The quantitative estimate of drug-likeness (QED) is 0.0625. The molecule has 0 unspecified atom stereocenters. The van der Waals surface area contributed by atoms with Crippen molar-refractivity contribution in [1.82, 2.24) is 24.8 Å². The van der Waals surface area contributed by atoms with Gasteiger partial charge in [-0.05, 0) is 120 Å². The molecule has 19 heteroatoms. The maximum Gasteiger partial charge on any atom is 0.425 e. The topological polar surface area (TPSA) is 151 Å². The summed E-state index contributed by atoms with van der Waals surface area (Å²) in [6.45, 7) is 24.1. The van der Waals surface area contributed by atoms with Gasteiger partial charge in [-0.1, -0.05) is 59.6 Å². The number of aromatic nitrogens is 4. The van der Waals surface area contributed by atoms with Crippen molar-refractivity contribution in [3.8, 4) is 40.4 Å². The fourth-order valence-electron chi connectivity index (χ4n) is 12.1. The van der Waals surface area contributed by atoms with E-state index in [1.54, 1.807) is 71.9 Å². The maximum atomic E-state index is 18.6. The minimum atomic E-state index is -2.42. The largest absolute Gasteiger partial charge is 0.472 e. The first-order valence-electron chi connectivity index (χ1n) is 26.8. The van der Waals surface area contributed by atoms with Crippen molar-refractivity contribution in [3.05, 3.63) is 65.4 Å². The lowest BCUT2D eigenvalue weighted by Gasteiger charge is -2.42. The first kappa shape index (κ1) is 55.5. The fourth-order valence-corrected chi connectivity index (χ4v) is 17.3.